The molecule has 0 heterocycles. The highest BCUT2D eigenvalue weighted by molar-refractivity contribution is 5.96. The number of nitrogens with one attached hydrogen (secondary N) is 2. The van der Waals surface area contributed by atoms with E-state index in [0.717, 1.165) is 0 Å². The molecule has 0 aliphatic rings. The summed E-state index contributed by atoms with van der Waals surface area (Å²) < 4.78 is 0. The van der Waals surface area contributed by atoms with Gasteiger partial charge in [-0.1, -0.05) is 13.8 Å². The molecule has 2 amide bonds. The minimum absolute atomic E-state index is 0.0774. The van der Waals surface area contributed by atoms with Gasteiger partial charge in [-0.05, 0) is 30.2 Å². The monoisotopic (exact) mass is 292 g/mol. The molecule has 0 aliphatic heterocycles. The lowest BCUT2D eigenvalue weighted by molar-refractivity contribution is -0.138. The summed E-state index contributed by atoms with van der Waals surface area (Å²) in [6.45, 7) is 4.62. The highest BCUT2D eigenvalue weighted by Crippen LogP contribution is 2.10. The lowest BCUT2D eigenvalue weighted by atomic mass is 10.1. The molecule has 114 valence electrons. The Kier molecular flexibility index (Phi) is 6.39. The Morgan fingerprint density at radius 2 is 1.71 bits per heavy atom. The van der Waals surface area contributed by atoms with Crippen LogP contribution >= 0.6 is 0 Å². The van der Waals surface area contributed by atoms with Crippen LogP contribution in [0.4, 0.5) is 5.69 Å². The molecule has 0 spiro atoms. The Balaban J connectivity index is 2.51. The van der Waals surface area contributed by atoms with Crippen LogP contribution in [-0.4, -0.2) is 29.4 Å². The summed E-state index contributed by atoms with van der Waals surface area (Å²) >= 11 is 0. The predicted octanol–water partition coefficient (Wildman–Crippen LogP) is 1.88. The summed E-state index contributed by atoms with van der Waals surface area (Å²) in [7, 11) is 0. The molecule has 1 aromatic rings. The van der Waals surface area contributed by atoms with Crippen molar-refractivity contribution >= 4 is 23.5 Å². The van der Waals surface area contributed by atoms with Crippen LogP contribution < -0.4 is 10.6 Å². The molecule has 6 heteroatoms. The molecule has 21 heavy (non-hydrogen) atoms. The second-order valence-corrected chi connectivity index (χ2v) is 5.12. The fourth-order valence-corrected chi connectivity index (χ4v) is 1.55. The van der Waals surface area contributed by atoms with Gasteiger partial charge < -0.3 is 15.7 Å². The summed E-state index contributed by atoms with van der Waals surface area (Å²) in [5, 5.41) is 13.9. The zero-order chi connectivity index (χ0) is 15.8. The van der Waals surface area contributed by atoms with Crippen LogP contribution in [0.2, 0.25) is 0 Å². The summed E-state index contributed by atoms with van der Waals surface area (Å²) in [6.07, 6.45) is -0.284. The zero-order valence-corrected chi connectivity index (χ0v) is 12.2. The summed E-state index contributed by atoms with van der Waals surface area (Å²) in [5.74, 6) is -1.16. The molecule has 6 nitrogen and oxygen atoms in total. The molecule has 0 saturated heterocycles. The topological polar surface area (TPSA) is 95.5 Å². The molecule has 0 unspecified atom stereocenters. The third-order valence-electron chi connectivity index (χ3n) is 2.67. The number of carboxylic acid groups (broad SMARTS) is 1. The molecule has 1 aromatic carbocycles. The number of hydrogen-bond donors (Lipinski definition) is 3. The summed E-state index contributed by atoms with van der Waals surface area (Å²) in [4.78, 5) is 33.6. The van der Waals surface area contributed by atoms with Crippen molar-refractivity contribution in [3.8, 4) is 0 Å². The quantitative estimate of drug-likeness (QED) is 0.715. The number of carboxylic acids is 1. The Bertz CT molecular complexity index is 509. The van der Waals surface area contributed by atoms with Gasteiger partial charge in [0, 0.05) is 24.2 Å². The number of rotatable bonds is 7. The maximum atomic E-state index is 11.8. The van der Waals surface area contributed by atoms with Gasteiger partial charge in [0.1, 0.15) is 0 Å². The van der Waals surface area contributed by atoms with E-state index in [9.17, 15) is 14.4 Å². The molecule has 0 atom stereocenters. The maximum Gasteiger partial charge on any atom is 0.303 e. The van der Waals surface area contributed by atoms with E-state index in [2.05, 4.69) is 10.6 Å². The number of anilines is 1. The molecule has 0 aromatic heterocycles. The molecule has 0 saturated carbocycles. The summed E-state index contributed by atoms with van der Waals surface area (Å²) in [5.41, 5.74) is 1.05. The first-order valence-electron chi connectivity index (χ1n) is 6.78. The van der Waals surface area contributed by atoms with Crippen molar-refractivity contribution in [1.29, 1.82) is 0 Å². The van der Waals surface area contributed by atoms with Crippen molar-refractivity contribution in [1.82, 2.24) is 5.32 Å². The van der Waals surface area contributed by atoms with Crippen molar-refractivity contribution in [3.63, 3.8) is 0 Å². The third-order valence-corrected chi connectivity index (χ3v) is 2.67. The maximum absolute atomic E-state index is 11.8. The van der Waals surface area contributed by atoms with Crippen LogP contribution in [0.15, 0.2) is 24.3 Å². The largest absolute Gasteiger partial charge is 0.481 e. The molecule has 0 fully saturated rings. The molecule has 0 bridgehead atoms. The Labute approximate surface area is 123 Å². The number of benzene rings is 1. The van der Waals surface area contributed by atoms with Crippen LogP contribution in [0.5, 0.6) is 0 Å². The van der Waals surface area contributed by atoms with Crippen LogP contribution in [-0.2, 0) is 9.59 Å². The van der Waals surface area contributed by atoms with E-state index in [0.29, 0.717) is 23.7 Å². The molecule has 0 radical (unpaired) electrons. The van der Waals surface area contributed by atoms with E-state index >= 15 is 0 Å². The van der Waals surface area contributed by atoms with Gasteiger partial charge in [-0.15, -0.1) is 0 Å². The van der Waals surface area contributed by atoms with Gasteiger partial charge in [0.05, 0.1) is 6.42 Å². The van der Waals surface area contributed by atoms with Gasteiger partial charge in [-0.3, -0.25) is 14.4 Å². The zero-order valence-electron chi connectivity index (χ0n) is 12.2. The minimum atomic E-state index is -1.01. The first kappa shape index (κ1) is 16.7. The first-order valence-corrected chi connectivity index (χ1v) is 6.78. The molecular formula is C15H20N2O4. The van der Waals surface area contributed by atoms with E-state index < -0.39 is 5.97 Å². The van der Waals surface area contributed by atoms with Crippen LogP contribution in [0.25, 0.3) is 0 Å². The number of hydrogen-bond acceptors (Lipinski definition) is 3. The van der Waals surface area contributed by atoms with Crippen molar-refractivity contribution < 1.29 is 19.5 Å². The van der Waals surface area contributed by atoms with Gasteiger partial charge in [0.2, 0.25) is 5.91 Å². The van der Waals surface area contributed by atoms with Crippen molar-refractivity contribution in [3.05, 3.63) is 29.8 Å². The minimum Gasteiger partial charge on any atom is -0.481 e. The molecule has 1 rings (SSSR count). The van der Waals surface area contributed by atoms with E-state index in [1.165, 1.54) is 0 Å². The Morgan fingerprint density at radius 3 is 2.24 bits per heavy atom. The van der Waals surface area contributed by atoms with Crippen LogP contribution in [0, 0.1) is 5.92 Å². The lowest BCUT2D eigenvalue weighted by Gasteiger charge is -2.08. The van der Waals surface area contributed by atoms with Gasteiger partial charge in [0.15, 0.2) is 0 Å². The second kappa shape index (κ2) is 8.04. The second-order valence-electron chi connectivity index (χ2n) is 5.12. The Morgan fingerprint density at radius 1 is 1.10 bits per heavy atom. The van der Waals surface area contributed by atoms with E-state index in [1.807, 2.05) is 13.8 Å². The average molecular weight is 292 g/mol. The van der Waals surface area contributed by atoms with E-state index in [4.69, 9.17) is 5.11 Å². The standard InChI is InChI=1S/C15H20N2O4/c1-10(2)9-16-15(21)11-3-5-12(6-4-11)17-13(18)7-8-14(19)20/h3-6,10H,7-9H2,1-2H3,(H,16,21)(H,17,18)(H,19,20). The number of aliphatic carboxylic acids is 1. The summed E-state index contributed by atoms with van der Waals surface area (Å²) in [6, 6.07) is 6.46. The van der Waals surface area contributed by atoms with Crippen molar-refractivity contribution in [2.75, 3.05) is 11.9 Å². The Hall–Kier alpha value is -2.37. The normalized spacial score (nSPS) is 10.2. The number of amides is 2. The van der Waals surface area contributed by atoms with Gasteiger partial charge in [-0.2, -0.15) is 0 Å². The van der Waals surface area contributed by atoms with E-state index in [-0.39, 0.29) is 24.7 Å². The van der Waals surface area contributed by atoms with Crippen LogP contribution in [0.3, 0.4) is 0 Å². The van der Waals surface area contributed by atoms with Crippen molar-refractivity contribution in [2.24, 2.45) is 5.92 Å². The fraction of sp³-hybridized carbons (Fsp3) is 0.400. The van der Waals surface area contributed by atoms with Gasteiger partial charge >= 0.3 is 5.97 Å². The number of carbonyl (C=O) groups is 3. The van der Waals surface area contributed by atoms with Gasteiger partial charge in [0.25, 0.3) is 5.91 Å². The molecular weight excluding hydrogens is 272 g/mol. The van der Waals surface area contributed by atoms with Crippen LogP contribution in [0.1, 0.15) is 37.0 Å². The van der Waals surface area contributed by atoms with Crippen molar-refractivity contribution in [2.45, 2.75) is 26.7 Å². The highest BCUT2D eigenvalue weighted by atomic mass is 16.4. The fourth-order valence-electron chi connectivity index (χ4n) is 1.55. The SMILES string of the molecule is CC(C)CNC(=O)c1ccc(NC(=O)CCC(=O)O)cc1. The average Bonchev–Trinajstić information content (AvgIpc) is 2.43. The first-order chi connectivity index (χ1) is 9.88. The molecule has 3 N–H and O–H groups in total. The third kappa shape index (κ3) is 6.56. The van der Waals surface area contributed by atoms with E-state index in [1.54, 1.807) is 24.3 Å². The predicted molar refractivity (Wildman–Crippen MR) is 79.1 cm³/mol. The number of carbonyl (C=O) groups excluding carboxylic acids is 2. The molecule has 0 aliphatic carbocycles. The highest BCUT2D eigenvalue weighted by Gasteiger charge is 2.08. The van der Waals surface area contributed by atoms with Gasteiger partial charge in [-0.25, -0.2) is 0 Å². The smallest absolute Gasteiger partial charge is 0.303 e. The lowest BCUT2D eigenvalue weighted by Crippen LogP contribution is -2.27.